The maximum absolute atomic E-state index is 13.1. The van der Waals surface area contributed by atoms with Gasteiger partial charge in [0.05, 0.1) is 35.7 Å². The standard InChI is InChI=1S/C24H23F6N5O3S/c1-37-19-4-2-3-15(5-6-19)14-38-21-20(32-39-33-21)34-7-9-35(10-8-34)22(36)31-18-12-16(23(25,26)27)11-17(13-18)24(28,29)30/h2-3,5-6,11-13H,4,7-10,14H2,1H3,(H,31,36). The first-order valence-corrected chi connectivity index (χ1v) is 12.3. The number of alkyl halides is 6. The molecule has 1 aliphatic heterocycles. The highest BCUT2D eigenvalue weighted by atomic mass is 32.1. The molecule has 1 N–H and O–H groups in total. The summed E-state index contributed by atoms with van der Waals surface area (Å²) in [5.74, 6) is 1.61. The zero-order chi connectivity index (χ0) is 28.2. The molecule has 2 aromatic rings. The fraction of sp³-hybridized carbons (Fsp3) is 0.375. The lowest BCUT2D eigenvalue weighted by atomic mass is 10.1. The van der Waals surface area contributed by atoms with E-state index >= 15 is 0 Å². The predicted octanol–water partition coefficient (Wildman–Crippen LogP) is 5.73. The zero-order valence-electron chi connectivity index (χ0n) is 20.5. The summed E-state index contributed by atoms with van der Waals surface area (Å²) in [6.07, 6.45) is -1.77. The average Bonchev–Trinajstić information content (AvgIpc) is 3.23. The van der Waals surface area contributed by atoms with E-state index in [2.05, 4.69) is 14.1 Å². The monoisotopic (exact) mass is 575 g/mol. The SMILES string of the molecule is COC1=CC=C(COc2nsnc2N2CCN(C(=O)Nc3cc(C(F)(F)F)cc(C(F)(F)F)c3)CC2)C=CC1. The zero-order valence-corrected chi connectivity index (χ0v) is 21.3. The van der Waals surface area contributed by atoms with E-state index in [0.717, 1.165) is 23.1 Å². The quantitative estimate of drug-likeness (QED) is 0.444. The minimum Gasteiger partial charge on any atom is -0.501 e. The molecule has 2 aliphatic rings. The Morgan fingerprint density at radius 2 is 1.67 bits per heavy atom. The lowest BCUT2D eigenvalue weighted by molar-refractivity contribution is -0.143. The van der Waals surface area contributed by atoms with E-state index in [9.17, 15) is 31.1 Å². The number of carbonyl (C=O) groups is 1. The van der Waals surface area contributed by atoms with Crippen LogP contribution in [0, 0.1) is 0 Å². The molecule has 0 atom stereocenters. The van der Waals surface area contributed by atoms with E-state index in [1.807, 2.05) is 29.2 Å². The first-order valence-electron chi connectivity index (χ1n) is 11.6. The Morgan fingerprint density at radius 3 is 2.28 bits per heavy atom. The van der Waals surface area contributed by atoms with Crippen molar-refractivity contribution in [3.05, 3.63) is 65.0 Å². The molecule has 210 valence electrons. The second-order valence-corrected chi connectivity index (χ2v) is 9.09. The van der Waals surface area contributed by atoms with Crippen LogP contribution in [0.15, 0.2) is 53.8 Å². The smallest absolute Gasteiger partial charge is 0.416 e. The summed E-state index contributed by atoms with van der Waals surface area (Å²) >= 11 is 0.957. The Hall–Kier alpha value is -3.75. The van der Waals surface area contributed by atoms with Crippen molar-refractivity contribution < 1.29 is 40.6 Å². The summed E-state index contributed by atoms with van der Waals surface area (Å²) in [6.45, 7) is 1.13. The molecule has 39 heavy (non-hydrogen) atoms. The Bertz CT molecular complexity index is 1250. The van der Waals surface area contributed by atoms with Crippen LogP contribution >= 0.6 is 11.7 Å². The number of hydrogen-bond donors (Lipinski definition) is 1. The van der Waals surface area contributed by atoms with Gasteiger partial charge in [-0.15, -0.1) is 4.37 Å². The number of piperazine rings is 1. The average molecular weight is 576 g/mol. The number of hydrogen-bond acceptors (Lipinski definition) is 7. The van der Waals surface area contributed by atoms with Gasteiger partial charge in [-0.1, -0.05) is 18.2 Å². The molecule has 1 fully saturated rings. The summed E-state index contributed by atoms with van der Waals surface area (Å²) < 4.78 is 98.3. The molecule has 15 heteroatoms. The Balaban J connectivity index is 1.36. The predicted molar refractivity (Wildman–Crippen MR) is 132 cm³/mol. The van der Waals surface area contributed by atoms with E-state index in [0.29, 0.717) is 43.3 Å². The van der Waals surface area contributed by atoms with Crippen LogP contribution in [0.1, 0.15) is 17.5 Å². The number of halogens is 6. The Kier molecular flexibility index (Phi) is 8.37. The molecule has 0 radical (unpaired) electrons. The lowest BCUT2D eigenvalue weighted by Gasteiger charge is -2.34. The molecule has 4 rings (SSSR count). The first-order chi connectivity index (χ1) is 18.4. The maximum Gasteiger partial charge on any atom is 0.416 e. The van der Waals surface area contributed by atoms with Gasteiger partial charge in [-0.25, -0.2) is 4.79 Å². The van der Waals surface area contributed by atoms with Crippen LogP contribution in [-0.4, -0.2) is 59.6 Å². The molecule has 2 amide bonds. The van der Waals surface area contributed by atoms with Gasteiger partial charge in [-0.05, 0) is 29.8 Å². The van der Waals surface area contributed by atoms with Gasteiger partial charge in [-0.3, -0.25) is 0 Å². The van der Waals surface area contributed by atoms with Crippen molar-refractivity contribution in [2.75, 3.05) is 50.1 Å². The number of nitrogens with one attached hydrogen (secondary N) is 1. The van der Waals surface area contributed by atoms with Crippen LogP contribution in [0.2, 0.25) is 0 Å². The van der Waals surface area contributed by atoms with Crippen molar-refractivity contribution in [1.29, 1.82) is 0 Å². The Labute approximate surface area is 223 Å². The number of anilines is 2. The third-order valence-electron chi connectivity index (χ3n) is 5.92. The van der Waals surface area contributed by atoms with E-state index in [1.54, 1.807) is 7.11 Å². The normalized spacial score (nSPS) is 16.4. The van der Waals surface area contributed by atoms with Gasteiger partial charge in [0.2, 0.25) is 5.82 Å². The van der Waals surface area contributed by atoms with Crippen LogP contribution in [0.5, 0.6) is 5.88 Å². The second-order valence-electron chi connectivity index (χ2n) is 8.57. The molecule has 0 spiro atoms. The molecular formula is C24H23F6N5O3S. The van der Waals surface area contributed by atoms with Gasteiger partial charge in [0.1, 0.15) is 6.61 Å². The molecule has 8 nitrogen and oxygen atoms in total. The van der Waals surface area contributed by atoms with Crippen molar-refractivity contribution in [1.82, 2.24) is 13.6 Å². The Morgan fingerprint density at radius 1 is 1.00 bits per heavy atom. The number of nitrogens with zero attached hydrogens (tertiary/aromatic N) is 4. The molecule has 1 aliphatic carbocycles. The highest BCUT2D eigenvalue weighted by Crippen LogP contribution is 2.37. The minimum absolute atomic E-state index is 0.00612. The molecule has 1 saturated heterocycles. The number of urea groups is 1. The van der Waals surface area contributed by atoms with Crippen LogP contribution < -0.4 is 15.0 Å². The van der Waals surface area contributed by atoms with Crippen molar-refractivity contribution in [2.45, 2.75) is 18.8 Å². The fourth-order valence-corrected chi connectivity index (χ4v) is 4.38. The summed E-state index contributed by atoms with van der Waals surface area (Å²) in [5, 5.41) is 2.16. The number of aromatic nitrogens is 2. The van der Waals surface area contributed by atoms with Gasteiger partial charge < -0.3 is 24.6 Å². The van der Waals surface area contributed by atoms with E-state index < -0.39 is 35.2 Å². The van der Waals surface area contributed by atoms with E-state index in [4.69, 9.17) is 9.47 Å². The summed E-state index contributed by atoms with van der Waals surface area (Å²) in [6, 6.07) is 0.134. The maximum atomic E-state index is 13.1. The third kappa shape index (κ3) is 7.22. The number of methoxy groups -OCH3 is 1. The fourth-order valence-electron chi connectivity index (χ4n) is 3.86. The molecule has 2 heterocycles. The number of amides is 2. The van der Waals surface area contributed by atoms with Gasteiger partial charge in [0.25, 0.3) is 5.88 Å². The molecule has 1 aromatic heterocycles. The summed E-state index contributed by atoms with van der Waals surface area (Å²) in [5.41, 5.74) is -2.72. The topological polar surface area (TPSA) is 79.8 Å². The van der Waals surface area contributed by atoms with E-state index in [1.165, 1.54) is 4.90 Å². The van der Waals surface area contributed by atoms with Crippen molar-refractivity contribution in [2.24, 2.45) is 0 Å². The van der Waals surface area contributed by atoms with E-state index in [-0.39, 0.29) is 25.8 Å². The first kappa shape index (κ1) is 28.3. The van der Waals surface area contributed by atoms with Gasteiger partial charge >= 0.3 is 18.4 Å². The third-order valence-corrected chi connectivity index (χ3v) is 6.42. The van der Waals surface area contributed by atoms with Gasteiger partial charge in [0, 0.05) is 38.3 Å². The van der Waals surface area contributed by atoms with Crippen molar-refractivity contribution >= 4 is 29.3 Å². The minimum atomic E-state index is -5.01. The number of benzene rings is 1. The van der Waals surface area contributed by atoms with Crippen LogP contribution in [0.4, 0.5) is 42.6 Å². The van der Waals surface area contributed by atoms with Gasteiger partial charge in [0.15, 0.2) is 0 Å². The van der Waals surface area contributed by atoms with Gasteiger partial charge in [-0.2, -0.15) is 30.7 Å². The number of rotatable bonds is 6. The highest BCUT2D eigenvalue weighted by molar-refractivity contribution is 6.99. The van der Waals surface area contributed by atoms with Crippen LogP contribution in [0.3, 0.4) is 0 Å². The second kappa shape index (κ2) is 11.6. The van der Waals surface area contributed by atoms with Crippen molar-refractivity contribution in [3.8, 4) is 5.88 Å². The summed E-state index contributed by atoms with van der Waals surface area (Å²) in [4.78, 5) is 15.8. The molecule has 0 unspecified atom stereocenters. The van der Waals surface area contributed by atoms with Crippen LogP contribution in [0.25, 0.3) is 0 Å². The number of ether oxygens (including phenoxy) is 2. The number of carbonyl (C=O) groups excluding carboxylic acids is 1. The molecule has 1 aromatic carbocycles. The number of allylic oxidation sites excluding steroid dienone is 3. The summed E-state index contributed by atoms with van der Waals surface area (Å²) in [7, 11) is 1.60. The molecule has 0 bridgehead atoms. The molecule has 0 saturated carbocycles. The largest absolute Gasteiger partial charge is 0.501 e. The lowest BCUT2D eigenvalue weighted by Crippen LogP contribution is -2.50. The van der Waals surface area contributed by atoms with Crippen LogP contribution in [-0.2, 0) is 17.1 Å². The van der Waals surface area contributed by atoms with Crippen molar-refractivity contribution in [3.63, 3.8) is 0 Å². The molecular weight excluding hydrogens is 552 g/mol. The highest BCUT2D eigenvalue weighted by Gasteiger charge is 2.37.